The van der Waals surface area contributed by atoms with Gasteiger partial charge in [0.05, 0.1) is 17.9 Å². The van der Waals surface area contributed by atoms with E-state index in [0.29, 0.717) is 6.61 Å². The van der Waals surface area contributed by atoms with Crippen molar-refractivity contribution >= 4 is 11.9 Å². The molecule has 0 aromatic heterocycles. The Morgan fingerprint density at radius 2 is 2.42 bits per heavy atom. The molecular formula is C15H20O4. The average molecular weight is 264 g/mol. The van der Waals surface area contributed by atoms with Gasteiger partial charge in [0.15, 0.2) is 0 Å². The normalized spacial score (nSPS) is 40.7. The minimum absolute atomic E-state index is 0.0399. The first-order valence-electron chi connectivity index (χ1n) is 7.15. The second kappa shape index (κ2) is 4.36. The summed E-state index contributed by atoms with van der Waals surface area (Å²) in [5.41, 5.74) is -0.450. The van der Waals surface area contributed by atoms with E-state index >= 15 is 0 Å². The molecule has 0 aromatic rings. The van der Waals surface area contributed by atoms with Crippen molar-refractivity contribution in [2.75, 3.05) is 6.61 Å². The lowest BCUT2D eigenvalue weighted by atomic mass is 9.68. The highest BCUT2D eigenvalue weighted by atomic mass is 16.6. The maximum Gasteiger partial charge on any atom is 0.316 e. The van der Waals surface area contributed by atoms with Gasteiger partial charge in [-0.3, -0.25) is 9.59 Å². The van der Waals surface area contributed by atoms with E-state index in [0.717, 1.165) is 19.3 Å². The number of ether oxygens (including phenoxy) is 2. The van der Waals surface area contributed by atoms with Crippen molar-refractivity contribution < 1.29 is 19.1 Å². The molecule has 0 unspecified atom stereocenters. The molecule has 2 bridgehead atoms. The summed E-state index contributed by atoms with van der Waals surface area (Å²) < 4.78 is 10.6. The fourth-order valence-corrected chi connectivity index (χ4v) is 4.18. The van der Waals surface area contributed by atoms with Crippen LogP contribution < -0.4 is 0 Å². The quantitative estimate of drug-likeness (QED) is 0.578. The van der Waals surface area contributed by atoms with Gasteiger partial charge in [-0.1, -0.05) is 19.1 Å². The molecule has 2 aliphatic carbocycles. The zero-order valence-corrected chi connectivity index (χ0v) is 11.4. The van der Waals surface area contributed by atoms with Crippen LogP contribution in [0.4, 0.5) is 0 Å². The van der Waals surface area contributed by atoms with Crippen LogP contribution in [0.25, 0.3) is 0 Å². The van der Waals surface area contributed by atoms with Gasteiger partial charge in [0, 0.05) is 12.3 Å². The van der Waals surface area contributed by atoms with E-state index in [1.807, 2.05) is 19.9 Å². The zero-order valence-electron chi connectivity index (χ0n) is 11.4. The third-order valence-electron chi connectivity index (χ3n) is 5.07. The SMILES string of the molecule is CCOC(=O)[C@H](C)[C@H]1CC[C@@]23C=CC[C@@H](OC2=O)[C@@H]13. The van der Waals surface area contributed by atoms with Crippen molar-refractivity contribution in [2.45, 2.75) is 39.2 Å². The Hall–Kier alpha value is -1.32. The van der Waals surface area contributed by atoms with Crippen molar-refractivity contribution in [3.8, 4) is 0 Å². The van der Waals surface area contributed by atoms with E-state index in [1.54, 1.807) is 0 Å². The number of hydrogen-bond acceptors (Lipinski definition) is 4. The molecule has 1 heterocycles. The Labute approximate surface area is 113 Å². The van der Waals surface area contributed by atoms with Crippen LogP contribution in [0.1, 0.15) is 33.1 Å². The van der Waals surface area contributed by atoms with Gasteiger partial charge in [0.1, 0.15) is 6.10 Å². The van der Waals surface area contributed by atoms with Crippen molar-refractivity contribution in [1.29, 1.82) is 0 Å². The maximum absolute atomic E-state index is 12.1. The Morgan fingerprint density at radius 3 is 3.16 bits per heavy atom. The predicted octanol–water partition coefficient (Wildman–Crippen LogP) is 2.08. The van der Waals surface area contributed by atoms with Crippen LogP contribution in [0, 0.1) is 23.2 Å². The number of carbonyl (C=O) groups excluding carboxylic acids is 2. The van der Waals surface area contributed by atoms with Crippen molar-refractivity contribution in [3.05, 3.63) is 12.2 Å². The lowest BCUT2D eigenvalue weighted by Gasteiger charge is -2.31. The van der Waals surface area contributed by atoms with Crippen LogP contribution in [-0.4, -0.2) is 24.6 Å². The highest BCUT2D eigenvalue weighted by Gasteiger charge is 2.64. The first kappa shape index (κ1) is 12.7. The van der Waals surface area contributed by atoms with Crippen LogP contribution in [0.15, 0.2) is 12.2 Å². The highest BCUT2D eigenvalue weighted by molar-refractivity contribution is 5.84. The van der Waals surface area contributed by atoms with E-state index < -0.39 is 5.41 Å². The summed E-state index contributed by atoms with van der Waals surface area (Å²) in [6.07, 6.45) is 6.54. The molecule has 4 nitrogen and oxygen atoms in total. The molecule has 19 heavy (non-hydrogen) atoms. The van der Waals surface area contributed by atoms with Gasteiger partial charge in [0.25, 0.3) is 0 Å². The molecule has 3 aliphatic rings. The Kier molecular flexibility index (Phi) is 2.91. The first-order valence-corrected chi connectivity index (χ1v) is 7.15. The molecule has 104 valence electrons. The summed E-state index contributed by atoms with van der Waals surface area (Å²) in [5, 5.41) is 0. The Morgan fingerprint density at radius 1 is 1.63 bits per heavy atom. The molecule has 1 saturated carbocycles. The molecular weight excluding hydrogens is 244 g/mol. The molecule has 2 fully saturated rings. The lowest BCUT2D eigenvalue weighted by molar-refractivity contribution is -0.150. The molecule has 0 radical (unpaired) electrons. The van der Waals surface area contributed by atoms with Crippen LogP contribution in [-0.2, 0) is 19.1 Å². The maximum atomic E-state index is 12.1. The molecule has 0 spiro atoms. The lowest BCUT2D eigenvalue weighted by Crippen LogP contribution is -2.37. The van der Waals surface area contributed by atoms with Crippen molar-refractivity contribution in [2.24, 2.45) is 23.2 Å². The predicted molar refractivity (Wildman–Crippen MR) is 68.1 cm³/mol. The molecule has 4 heteroatoms. The third-order valence-corrected chi connectivity index (χ3v) is 5.07. The average Bonchev–Trinajstić information content (AvgIpc) is 2.84. The first-order chi connectivity index (χ1) is 9.10. The fourth-order valence-electron chi connectivity index (χ4n) is 4.18. The molecule has 1 saturated heterocycles. The molecule has 3 rings (SSSR count). The standard InChI is InChI=1S/C15H20O4/c1-3-18-13(16)9(2)10-6-8-15-7-4-5-11(12(10)15)19-14(15)17/h4,7,9-12H,3,5-6,8H2,1-2H3/t9-,10-,11-,12-,15-/m1/s1. The monoisotopic (exact) mass is 264 g/mol. The Balaban J connectivity index is 1.86. The van der Waals surface area contributed by atoms with Gasteiger partial charge >= 0.3 is 11.9 Å². The van der Waals surface area contributed by atoms with Gasteiger partial charge < -0.3 is 9.47 Å². The molecule has 1 aliphatic heterocycles. The largest absolute Gasteiger partial charge is 0.466 e. The number of esters is 2. The summed E-state index contributed by atoms with van der Waals surface area (Å²) in [5.74, 6) is -0.0408. The van der Waals surface area contributed by atoms with Crippen LogP contribution in [0.2, 0.25) is 0 Å². The smallest absolute Gasteiger partial charge is 0.316 e. The van der Waals surface area contributed by atoms with Gasteiger partial charge in [0.2, 0.25) is 0 Å². The summed E-state index contributed by atoms with van der Waals surface area (Å²) in [6.45, 7) is 4.15. The van der Waals surface area contributed by atoms with Gasteiger partial charge in [-0.15, -0.1) is 0 Å². The van der Waals surface area contributed by atoms with E-state index in [4.69, 9.17) is 9.47 Å². The van der Waals surface area contributed by atoms with Crippen molar-refractivity contribution in [3.63, 3.8) is 0 Å². The highest BCUT2D eigenvalue weighted by Crippen LogP contribution is 2.59. The number of rotatable bonds is 3. The summed E-state index contributed by atoms with van der Waals surface area (Å²) in [4.78, 5) is 24.1. The topological polar surface area (TPSA) is 52.6 Å². The van der Waals surface area contributed by atoms with Gasteiger partial charge in [-0.2, -0.15) is 0 Å². The molecule has 0 amide bonds. The molecule has 5 atom stereocenters. The minimum Gasteiger partial charge on any atom is -0.466 e. The second-order valence-electron chi connectivity index (χ2n) is 5.89. The third kappa shape index (κ3) is 1.65. The molecule has 0 aromatic carbocycles. The van der Waals surface area contributed by atoms with E-state index in [-0.39, 0.29) is 35.8 Å². The van der Waals surface area contributed by atoms with Crippen LogP contribution >= 0.6 is 0 Å². The van der Waals surface area contributed by atoms with Gasteiger partial charge in [-0.05, 0) is 25.7 Å². The van der Waals surface area contributed by atoms with Gasteiger partial charge in [-0.25, -0.2) is 0 Å². The summed E-state index contributed by atoms with van der Waals surface area (Å²) >= 11 is 0. The second-order valence-corrected chi connectivity index (χ2v) is 5.89. The summed E-state index contributed by atoms with van der Waals surface area (Å²) in [6, 6.07) is 0. The Bertz CT molecular complexity index is 441. The number of hydrogen-bond donors (Lipinski definition) is 0. The zero-order chi connectivity index (χ0) is 13.6. The van der Waals surface area contributed by atoms with Crippen LogP contribution in [0.5, 0.6) is 0 Å². The number of carbonyl (C=O) groups is 2. The van der Waals surface area contributed by atoms with Crippen molar-refractivity contribution in [1.82, 2.24) is 0 Å². The summed E-state index contributed by atoms with van der Waals surface area (Å²) in [7, 11) is 0. The van der Waals surface area contributed by atoms with E-state index in [9.17, 15) is 9.59 Å². The van der Waals surface area contributed by atoms with E-state index in [1.165, 1.54) is 0 Å². The minimum atomic E-state index is -0.450. The van der Waals surface area contributed by atoms with Crippen LogP contribution in [0.3, 0.4) is 0 Å². The fraction of sp³-hybridized carbons (Fsp3) is 0.733. The van der Waals surface area contributed by atoms with E-state index in [2.05, 4.69) is 6.08 Å². The molecule has 0 N–H and O–H groups in total.